The molecule has 0 amide bonds. The summed E-state index contributed by atoms with van der Waals surface area (Å²) in [5.74, 6) is -0.586. The molecule has 0 fully saturated rings. The zero-order valence-electron chi connectivity index (χ0n) is 10.2. The number of hydrogen-bond donors (Lipinski definition) is 1. The van der Waals surface area contributed by atoms with Crippen LogP contribution in [-0.4, -0.2) is 23.5 Å². The standard InChI is InChI=1S/C10H11Cl2N5O2.ClH/c11-8-3-6(4-9(12)16-8)5-19-10(18)7(13)1-2-15-17-14;/h3-4,7H,1-2,5,13H2;1H/t7-;/m0./s1. The Hall–Kier alpha value is -1.24. The van der Waals surface area contributed by atoms with Gasteiger partial charge in [0.15, 0.2) is 0 Å². The average molecular weight is 341 g/mol. The maximum absolute atomic E-state index is 11.5. The molecule has 0 aliphatic rings. The van der Waals surface area contributed by atoms with Crippen LogP contribution in [0.3, 0.4) is 0 Å². The largest absolute Gasteiger partial charge is 0.460 e. The summed E-state index contributed by atoms with van der Waals surface area (Å²) >= 11 is 11.4. The number of azide groups is 1. The minimum Gasteiger partial charge on any atom is -0.460 e. The predicted octanol–water partition coefficient (Wildman–Crippen LogP) is 2.88. The molecule has 110 valence electrons. The van der Waals surface area contributed by atoms with Gasteiger partial charge in [-0.25, -0.2) is 4.98 Å². The number of nitrogens with two attached hydrogens (primary N) is 1. The summed E-state index contributed by atoms with van der Waals surface area (Å²) < 4.78 is 4.99. The third-order valence-corrected chi connectivity index (χ3v) is 2.50. The second-order valence-corrected chi connectivity index (χ2v) is 4.35. The average Bonchev–Trinajstić information content (AvgIpc) is 2.35. The summed E-state index contributed by atoms with van der Waals surface area (Å²) in [6, 6.07) is 2.23. The summed E-state index contributed by atoms with van der Waals surface area (Å²) in [4.78, 5) is 17.8. The number of esters is 1. The number of carbonyl (C=O) groups excluding carboxylic acids is 1. The Kier molecular flexibility index (Phi) is 9.03. The Morgan fingerprint density at radius 3 is 2.65 bits per heavy atom. The van der Waals surface area contributed by atoms with Gasteiger partial charge in [0.1, 0.15) is 23.0 Å². The van der Waals surface area contributed by atoms with E-state index in [1.54, 1.807) is 0 Å². The van der Waals surface area contributed by atoms with Crippen LogP contribution in [0.5, 0.6) is 0 Å². The minimum absolute atomic E-state index is 0. The fourth-order valence-corrected chi connectivity index (χ4v) is 1.72. The summed E-state index contributed by atoms with van der Waals surface area (Å²) in [5, 5.41) is 3.71. The molecule has 2 N–H and O–H groups in total. The van der Waals surface area contributed by atoms with Crippen LogP contribution < -0.4 is 5.73 Å². The normalized spacial score (nSPS) is 10.9. The summed E-state index contributed by atoms with van der Waals surface area (Å²) in [6.45, 7) is 0.135. The summed E-state index contributed by atoms with van der Waals surface area (Å²) in [6.07, 6.45) is 0.223. The molecule has 20 heavy (non-hydrogen) atoms. The van der Waals surface area contributed by atoms with E-state index in [4.69, 9.17) is 39.2 Å². The van der Waals surface area contributed by atoms with Gasteiger partial charge in [0.2, 0.25) is 0 Å². The first-order valence-corrected chi connectivity index (χ1v) is 6.03. The third-order valence-electron chi connectivity index (χ3n) is 2.11. The van der Waals surface area contributed by atoms with Crippen molar-refractivity contribution in [1.82, 2.24) is 4.98 Å². The van der Waals surface area contributed by atoms with Gasteiger partial charge in [-0.3, -0.25) is 4.79 Å². The van der Waals surface area contributed by atoms with Gasteiger partial charge in [-0.1, -0.05) is 28.3 Å². The SMILES string of the molecule is Cl.[N-]=[N+]=NCC[C@H](N)C(=O)OCc1cc(Cl)nc(Cl)c1. The molecule has 0 saturated carbocycles. The van der Waals surface area contributed by atoms with E-state index < -0.39 is 12.0 Å². The highest BCUT2D eigenvalue weighted by Gasteiger charge is 2.14. The highest BCUT2D eigenvalue weighted by molar-refractivity contribution is 6.32. The number of rotatable bonds is 6. The number of hydrogen-bond acceptors (Lipinski definition) is 5. The van der Waals surface area contributed by atoms with Crippen molar-refractivity contribution in [1.29, 1.82) is 0 Å². The van der Waals surface area contributed by atoms with Crippen LogP contribution in [0.15, 0.2) is 17.2 Å². The van der Waals surface area contributed by atoms with Crippen molar-refractivity contribution in [3.8, 4) is 0 Å². The fraction of sp³-hybridized carbons (Fsp3) is 0.400. The van der Waals surface area contributed by atoms with E-state index in [9.17, 15) is 4.79 Å². The van der Waals surface area contributed by atoms with Crippen molar-refractivity contribution in [2.24, 2.45) is 10.8 Å². The van der Waals surface area contributed by atoms with E-state index in [0.717, 1.165) is 0 Å². The molecule has 1 aromatic rings. The smallest absolute Gasteiger partial charge is 0.323 e. The van der Waals surface area contributed by atoms with Crippen LogP contribution in [0.25, 0.3) is 10.4 Å². The van der Waals surface area contributed by atoms with Crippen molar-refractivity contribution in [2.45, 2.75) is 19.1 Å². The lowest BCUT2D eigenvalue weighted by atomic mass is 10.2. The van der Waals surface area contributed by atoms with E-state index in [1.807, 2.05) is 0 Å². The Bertz CT molecular complexity index is 487. The number of ether oxygens (including phenoxy) is 1. The molecule has 0 aromatic carbocycles. The lowest BCUT2D eigenvalue weighted by Gasteiger charge is -2.10. The topological polar surface area (TPSA) is 114 Å². The van der Waals surface area contributed by atoms with E-state index in [1.165, 1.54) is 12.1 Å². The molecule has 0 aliphatic carbocycles. The van der Waals surface area contributed by atoms with Crippen molar-refractivity contribution in [3.05, 3.63) is 38.4 Å². The maximum atomic E-state index is 11.5. The quantitative estimate of drug-likeness (QED) is 0.282. The number of pyridine rings is 1. The van der Waals surface area contributed by atoms with Crippen molar-refractivity contribution >= 4 is 41.6 Å². The third kappa shape index (κ3) is 6.79. The maximum Gasteiger partial charge on any atom is 0.323 e. The van der Waals surface area contributed by atoms with Crippen molar-refractivity contribution in [3.63, 3.8) is 0 Å². The van der Waals surface area contributed by atoms with Gasteiger partial charge in [-0.2, -0.15) is 0 Å². The molecule has 1 aromatic heterocycles. The van der Waals surface area contributed by atoms with Gasteiger partial charge in [0.05, 0.1) is 0 Å². The van der Waals surface area contributed by atoms with Crippen LogP contribution in [-0.2, 0) is 16.1 Å². The molecule has 0 aliphatic heterocycles. The summed E-state index contributed by atoms with van der Waals surface area (Å²) in [7, 11) is 0. The van der Waals surface area contributed by atoms with Crippen molar-refractivity contribution < 1.29 is 9.53 Å². The van der Waals surface area contributed by atoms with E-state index in [0.29, 0.717) is 5.56 Å². The number of nitrogens with zero attached hydrogens (tertiary/aromatic N) is 4. The van der Waals surface area contributed by atoms with Gasteiger partial charge in [0.25, 0.3) is 0 Å². The zero-order valence-corrected chi connectivity index (χ0v) is 12.5. The monoisotopic (exact) mass is 339 g/mol. The lowest BCUT2D eigenvalue weighted by Crippen LogP contribution is -2.32. The molecule has 0 saturated heterocycles. The van der Waals surface area contributed by atoms with Crippen LogP contribution in [0.2, 0.25) is 10.3 Å². The highest BCUT2D eigenvalue weighted by atomic mass is 35.5. The Balaban J connectivity index is 0.00000361. The molecule has 7 nitrogen and oxygen atoms in total. The van der Waals surface area contributed by atoms with E-state index in [2.05, 4.69) is 15.0 Å². The lowest BCUT2D eigenvalue weighted by molar-refractivity contribution is -0.146. The molecule has 10 heteroatoms. The molecular formula is C10H12Cl3N5O2. The van der Waals surface area contributed by atoms with Crippen LogP contribution >= 0.6 is 35.6 Å². The molecule has 1 atom stereocenters. The number of aromatic nitrogens is 1. The second-order valence-electron chi connectivity index (χ2n) is 3.58. The fourth-order valence-electron chi connectivity index (χ4n) is 1.22. The van der Waals surface area contributed by atoms with Gasteiger partial charge in [-0.05, 0) is 29.6 Å². The van der Waals surface area contributed by atoms with Gasteiger partial charge in [0, 0.05) is 11.5 Å². The van der Waals surface area contributed by atoms with Crippen LogP contribution in [0.4, 0.5) is 0 Å². The first-order chi connectivity index (χ1) is 9.02. The van der Waals surface area contributed by atoms with Crippen LogP contribution in [0, 0.1) is 0 Å². The van der Waals surface area contributed by atoms with Crippen LogP contribution in [0.1, 0.15) is 12.0 Å². The van der Waals surface area contributed by atoms with Gasteiger partial charge in [-0.15, -0.1) is 12.4 Å². The van der Waals surface area contributed by atoms with Gasteiger partial charge < -0.3 is 10.5 Å². The van der Waals surface area contributed by atoms with Crippen molar-refractivity contribution in [2.75, 3.05) is 6.54 Å². The molecule has 1 rings (SSSR count). The van der Waals surface area contributed by atoms with E-state index in [-0.39, 0.29) is 42.3 Å². The summed E-state index contributed by atoms with van der Waals surface area (Å²) in [5.41, 5.74) is 14.3. The second kappa shape index (κ2) is 9.63. The first kappa shape index (κ1) is 18.8. The predicted molar refractivity (Wildman–Crippen MR) is 77.9 cm³/mol. The van der Waals surface area contributed by atoms with Gasteiger partial charge >= 0.3 is 5.97 Å². The zero-order chi connectivity index (χ0) is 14.3. The Labute approximate surface area is 131 Å². The number of carbonyl (C=O) groups is 1. The molecule has 0 radical (unpaired) electrons. The Morgan fingerprint density at radius 1 is 1.50 bits per heavy atom. The Morgan fingerprint density at radius 2 is 2.10 bits per heavy atom. The minimum atomic E-state index is -0.835. The molecule has 0 unspecified atom stereocenters. The molecular weight excluding hydrogens is 329 g/mol. The van der Waals surface area contributed by atoms with E-state index >= 15 is 0 Å². The molecule has 0 bridgehead atoms. The highest BCUT2D eigenvalue weighted by Crippen LogP contribution is 2.15. The number of halogens is 3. The first-order valence-electron chi connectivity index (χ1n) is 5.28. The molecule has 0 spiro atoms. The molecule has 1 heterocycles.